The van der Waals surface area contributed by atoms with Gasteiger partial charge in [-0.25, -0.2) is 0 Å². The minimum absolute atomic E-state index is 0.0421. The highest BCUT2D eigenvalue weighted by Gasteiger charge is 2.35. The van der Waals surface area contributed by atoms with Crippen molar-refractivity contribution in [3.05, 3.63) is 24.3 Å². The summed E-state index contributed by atoms with van der Waals surface area (Å²) >= 11 is 0. The Morgan fingerprint density at radius 1 is 1.19 bits per heavy atom. The van der Waals surface area contributed by atoms with Gasteiger partial charge >= 0.3 is 0 Å². The second-order valence-electron chi connectivity index (χ2n) is 5.40. The fourth-order valence-corrected chi connectivity index (χ4v) is 2.90. The minimum atomic E-state index is -0.408. The molecule has 0 aliphatic carbocycles. The molecule has 6 heteroatoms. The number of hydrogen-bond donors (Lipinski definition) is 1. The zero-order valence-electron chi connectivity index (χ0n) is 11.8. The lowest BCUT2D eigenvalue weighted by molar-refractivity contribution is -0.123. The Balaban J connectivity index is 1.88. The number of para-hydroxylation sites is 2. The summed E-state index contributed by atoms with van der Waals surface area (Å²) in [6, 6.07) is 7.79. The van der Waals surface area contributed by atoms with Gasteiger partial charge in [-0.3, -0.25) is 9.59 Å². The molecule has 2 aliphatic heterocycles. The molecule has 21 heavy (non-hydrogen) atoms. The van der Waals surface area contributed by atoms with E-state index in [0.717, 1.165) is 24.5 Å². The van der Waals surface area contributed by atoms with E-state index in [4.69, 9.17) is 10.5 Å². The van der Waals surface area contributed by atoms with Gasteiger partial charge in [0.1, 0.15) is 0 Å². The molecular weight excluding hydrogens is 270 g/mol. The monoisotopic (exact) mass is 289 g/mol. The fourth-order valence-electron chi connectivity index (χ4n) is 2.90. The molecule has 1 aromatic rings. The van der Waals surface area contributed by atoms with E-state index < -0.39 is 11.8 Å². The Bertz CT molecular complexity index is 555. The van der Waals surface area contributed by atoms with Crippen molar-refractivity contribution in [2.24, 2.45) is 11.7 Å². The Morgan fingerprint density at radius 2 is 1.86 bits per heavy atom. The van der Waals surface area contributed by atoms with Crippen LogP contribution in [0.1, 0.15) is 6.42 Å². The zero-order chi connectivity index (χ0) is 14.8. The summed E-state index contributed by atoms with van der Waals surface area (Å²) in [5, 5.41) is 0. The predicted molar refractivity (Wildman–Crippen MR) is 79.1 cm³/mol. The van der Waals surface area contributed by atoms with Gasteiger partial charge in [0.2, 0.25) is 11.8 Å². The van der Waals surface area contributed by atoms with Crippen LogP contribution in [0.2, 0.25) is 0 Å². The van der Waals surface area contributed by atoms with Gasteiger partial charge in [0, 0.05) is 26.1 Å². The molecule has 2 amide bonds. The van der Waals surface area contributed by atoms with Gasteiger partial charge in [0.25, 0.3) is 0 Å². The highest BCUT2D eigenvalue weighted by molar-refractivity contribution is 6.02. The van der Waals surface area contributed by atoms with Gasteiger partial charge < -0.3 is 20.3 Å². The first-order valence-corrected chi connectivity index (χ1v) is 7.18. The van der Waals surface area contributed by atoms with Crippen LogP contribution in [-0.2, 0) is 14.3 Å². The minimum Gasteiger partial charge on any atom is -0.378 e. The number of nitrogens with two attached hydrogens (primary N) is 1. The molecule has 0 aromatic heterocycles. The van der Waals surface area contributed by atoms with Crippen LogP contribution >= 0.6 is 0 Å². The van der Waals surface area contributed by atoms with Gasteiger partial charge in [0.15, 0.2) is 0 Å². The lowest BCUT2D eigenvalue weighted by atomic mass is 10.1. The number of benzene rings is 1. The van der Waals surface area contributed by atoms with E-state index >= 15 is 0 Å². The number of carbonyl (C=O) groups is 2. The molecule has 0 spiro atoms. The van der Waals surface area contributed by atoms with Crippen molar-refractivity contribution < 1.29 is 14.3 Å². The van der Waals surface area contributed by atoms with Crippen LogP contribution in [0.15, 0.2) is 24.3 Å². The summed E-state index contributed by atoms with van der Waals surface area (Å²) in [5.41, 5.74) is 7.20. The van der Waals surface area contributed by atoms with Crippen molar-refractivity contribution in [1.29, 1.82) is 0 Å². The molecule has 0 unspecified atom stereocenters. The molecule has 2 fully saturated rings. The first-order valence-electron chi connectivity index (χ1n) is 7.18. The van der Waals surface area contributed by atoms with Crippen LogP contribution in [0, 0.1) is 5.92 Å². The molecule has 2 N–H and O–H groups in total. The van der Waals surface area contributed by atoms with E-state index in [1.807, 2.05) is 24.3 Å². The second-order valence-corrected chi connectivity index (χ2v) is 5.40. The summed E-state index contributed by atoms with van der Waals surface area (Å²) in [6.07, 6.45) is 0.201. The molecule has 6 nitrogen and oxygen atoms in total. The third-order valence-electron chi connectivity index (χ3n) is 4.05. The van der Waals surface area contributed by atoms with E-state index in [1.54, 1.807) is 4.90 Å². The molecule has 1 aromatic carbocycles. The zero-order valence-corrected chi connectivity index (χ0v) is 11.8. The number of primary amides is 1. The number of amides is 2. The number of ether oxygens (including phenoxy) is 1. The molecular formula is C15H19N3O3. The van der Waals surface area contributed by atoms with E-state index in [2.05, 4.69) is 4.90 Å². The first kappa shape index (κ1) is 13.9. The SMILES string of the molecule is NC(=O)[C@H]1CC(=O)N(c2ccccc2N2CCOCC2)C1. The highest BCUT2D eigenvalue weighted by Crippen LogP contribution is 2.33. The number of anilines is 2. The highest BCUT2D eigenvalue weighted by atomic mass is 16.5. The van der Waals surface area contributed by atoms with Gasteiger partial charge in [-0.05, 0) is 12.1 Å². The largest absolute Gasteiger partial charge is 0.378 e. The maximum absolute atomic E-state index is 12.2. The van der Waals surface area contributed by atoms with Crippen LogP contribution in [0.3, 0.4) is 0 Å². The van der Waals surface area contributed by atoms with Gasteiger partial charge in [-0.1, -0.05) is 12.1 Å². The predicted octanol–water partition coefficient (Wildman–Crippen LogP) is 0.361. The normalized spacial score (nSPS) is 22.7. The number of morpholine rings is 1. The molecule has 0 saturated carbocycles. The Hall–Kier alpha value is -2.08. The lowest BCUT2D eigenvalue weighted by Gasteiger charge is -2.32. The van der Waals surface area contributed by atoms with Crippen molar-refractivity contribution in [2.75, 3.05) is 42.6 Å². The summed E-state index contributed by atoms with van der Waals surface area (Å²) in [4.78, 5) is 27.4. The molecule has 0 radical (unpaired) electrons. The number of hydrogen-bond acceptors (Lipinski definition) is 4. The third kappa shape index (κ3) is 2.71. The number of nitrogens with zero attached hydrogens (tertiary/aromatic N) is 2. The quantitative estimate of drug-likeness (QED) is 0.872. The molecule has 3 rings (SSSR count). The molecule has 112 valence electrons. The van der Waals surface area contributed by atoms with Crippen LogP contribution in [-0.4, -0.2) is 44.7 Å². The molecule has 2 saturated heterocycles. The average molecular weight is 289 g/mol. The fraction of sp³-hybridized carbons (Fsp3) is 0.467. The lowest BCUT2D eigenvalue weighted by Crippen LogP contribution is -2.38. The molecule has 0 bridgehead atoms. The summed E-state index contributed by atoms with van der Waals surface area (Å²) in [7, 11) is 0. The standard InChI is InChI=1S/C15H19N3O3/c16-15(20)11-9-14(19)18(10-11)13-4-2-1-3-12(13)17-5-7-21-8-6-17/h1-4,11H,5-10H2,(H2,16,20)/t11-/m0/s1. The average Bonchev–Trinajstić information content (AvgIpc) is 2.90. The summed E-state index contributed by atoms with van der Waals surface area (Å²) in [6.45, 7) is 3.35. The third-order valence-corrected chi connectivity index (χ3v) is 4.05. The van der Waals surface area contributed by atoms with Crippen molar-refractivity contribution in [3.8, 4) is 0 Å². The van der Waals surface area contributed by atoms with Crippen LogP contribution in [0.4, 0.5) is 11.4 Å². The topological polar surface area (TPSA) is 75.9 Å². The van der Waals surface area contributed by atoms with Crippen LogP contribution in [0.5, 0.6) is 0 Å². The van der Waals surface area contributed by atoms with E-state index in [-0.39, 0.29) is 12.3 Å². The number of rotatable bonds is 3. The maximum atomic E-state index is 12.2. The van der Waals surface area contributed by atoms with Crippen molar-refractivity contribution >= 4 is 23.2 Å². The van der Waals surface area contributed by atoms with Gasteiger partial charge in [-0.2, -0.15) is 0 Å². The number of carbonyl (C=O) groups excluding carboxylic acids is 2. The smallest absolute Gasteiger partial charge is 0.227 e. The Kier molecular flexibility index (Phi) is 3.79. The van der Waals surface area contributed by atoms with E-state index in [9.17, 15) is 9.59 Å². The summed E-state index contributed by atoms with van der Waals surface area (Å²) in [5.74, 6) is -0.843. The van der Waals surface area contributed by atoms with Gasteiger partial charge in [-0.15, -0.1) is 0 Å². The Labute approximate surface area is 123 Å². The molecule has 1 atom stereocenters. The van der Waals surface area contributed by atoms with Crippen molar-refractivity contribution in [2.45, 2.75) is 6.42 Å². The first-order chi connectivity index (χ1) is 10.2. The maximum Gasteiger partial charge on any atom is 0.227 e. The van der Waals surface area contributed by atoms with E-state index in [1.165, 1.54) is 0 Å². The van der Waals surface area contributed by atoms with Crippen molar-refractivity contribution in [1.82, 2.24) is 0 Å². The van der Waals surface area contributed by atoms with Gasteiger partial charge in [0.05, 0.1) is 30.5 Å². The van der Waals surface area contributed by atoms with E-state index in [0.29, 0.717) is 19.8 Å². The van der Waals surface area contributed by atoms with Crippen LogP contribution < -0.4 is 15.5 Å². The van der Waals surface area contributed by atoms with Crippen molar-refractivity contribution in [3.63, 3.8) is 0 Å². The Morgan fingerprint density at radius 3 is 2.48 bits per heavy atom. The van der Waals surface area contributed by atoms with Crippen LogP contribution in [0.25, 0.3) is 0 Å². The molecule has 2 aliphatic rings. The molecule has 2 heterocycles. The second kappa shape index (κ2) is 5.73. The summed E-state index contributed by atoms with van der Waals surface area (Å²) < 4.78 is 5.37.